The molecule has 0 spiro atoms. The van der Waals surface area contributed by atoms with Crippen LogP contribution in [0.3, 0.4) is 0 Å². The number of rotatable bonds is 4. The highest BCUT2D eigenvalue weighted by Gasteiger charge is 2.13. The summed E-state index contributed by atoms with van der Waals surface area (Å²) >= 11 is 5.78. The number of halogens is 1. The zero-order valence-corrected chi connectivity index (χ0v) is 11.1. The van der Waals surface area contributed by atoms with Gasteiger partial charge in [-0.3, -0.25) is 9.00 Å². The summed E-state index contributed by atoms with van der Waals surface area (Å²) in [5.74, 6) is -0.368. The number of anilines is 1. The predicted molar refractivity (Wildman–Crippen MR) is 69.5 cm³/mol. The van der Waals surface area contributed by atoms with Crippen LogP contribution < -0.4 is 11.1 Å². The lowest BCUT2D eigenvalue weighted by Gasteiger charge is -2.10. The molecule has 1 rings (SSSR count). The summed E-state index contributed by atoms with van der Waals surface area (Å²) in [5.41, 5.74) is 6.11. The molecule has 17 heavy (non-hydrogen) atoms. The Morgan fingerprint density at radius 2 is 2.35 bits per heavy atom. The number of nitrogen functional groups attached to an aromatic ring is 1. The molecule has 2 unspecified atom stereocenters. The van der Waals surface area contributed by atoms with Crippen molar-refractivity contribution in [3.63, 3.8) is 0 Å². The van der Waals surface area contributed by atoms with E-state index in [0.717, 1.165) is 0 Å². The van der Waals surface area contributed by atoms with Gasteiger partial charge in [-0.25, -0.2) is 4.98 Å². The Hall–Kier alpha value is -1.14. The van der Waals surface area contributed by atoms with Crippen molar-refractivity contribution >= 4 is 34.0 Å². The second-order valence-corrected chi connectivity index (χ2v) is 5.79. The van der Waals surface area contributed by atoms with Crippen LogP contribution in [-0.4, -0.2) is 33.2 Å². The van der Waals surface area contributed by atoms with Gasteiger partial charge in [0.25, 0.3) is 5.91 Å². The molecule has 7 heteroatoms. The summed E-state index contributed by atoms with van der Waals surface area (Å²) in [5, 5.41) is 2.62. The van der Waals surface area contributed by atoms with Crippen LogP contribution in [0.2, 0.25) is 5.15 Å². The average Bonchev–Trinajstić information content (AvgIpc) is 2.28. The van der Waals surface area contributed by atoms with Gasteiger partial charge in [0.1, 0.15) is 5.15 Å². The molecule has 0 radical (unpaired) electrons. The van der Waals surface area contributed by atoms with E-state index in [0.29, 0.717) is 12.2 Å². The number of amides is 1. The van der Waals surface area contributed by atoms with Crippen LogP contribution in [0.1, 0.15) is 17.3 Å². The van der Waals surface area contributed by atoms with Crippen molar-refractivity contribution in [1.29, 1.82) is 0 Å². The molecule has 0 aliphatic rings. The second-order valence-electron chi connectivity index (χ2n) is 3.63. The van der Waals surface area contributed by atoms with E-state index in [1.807, 2.05) is 0 Å². The van der Waals surface area contributed by atoms with Crippen molar-refractivity contribution < 1.29 is 9.00 Å². The van der Waals surface area contributed by atoms with E-state index in [4.69, 9.17) is 17.3 Å². The fourth-order valence-electron chi connectivity index (χ4n) is 1.07. The Balaban J connectivity index is 2.70. The molecule has 1 amide bonds. The van der Waals surface area contributed by atoms with Crippen molar-refractivity contribution in [3.05, 3.63) is 23.0 Å². The summed E-state index contributed by atoms with van der Waals surface area (Å²) in [6, 6.07) is 1.46. The van der Waals surface area contributed by atoms with E-state index in [1.165, 1.54) is 12.3 Å². The number of carbonyl (C=O) groups is 1. The number of pyridine rings is 1. The lowest BCUT2D eigenvalue weighted by Crippen LogP contribution is -2.32. The molecule has 0 saturated heterocycles. The van der Waals surface area contributed by atoms with Crippen molar-refractivity contribution in [3.8, 4) is 0 Å². The highest BCUT2D eigenvalue weighted by molar-refractivity contribution is 7.84. The molecular weight excluding hydrogens is 262 g/mol. The van der Waals surface area contributed by atoms with E-state index in [-0.39, 0.29) is 21.9 Å². The molecule has 2 atom stereocenters. The van der Waals surface area contributed by atoms with Gasteiger partial charge in [0.2, 0.25) is 0 Å². The lowest BCUT2D eigenvalue weighted by molar-refractivity contribution is 0.0954. The molecule has 0 aliphatic heterocycles. The second kappa shape index (κ2) is 5.97. The smallest absolute Gasteiger partial charge is 0.254 e. The zero-order valence-electron chi connectivity index (χ0n) is 9.57. The third-order valence-corrected chi connectivity index (χ3v) is 3.82. The predicted octanol–water partition coefficient (Wildman–Crippen LogP) is 0.814. The highest BCUT2D eigenvalue weighted by atomic mass is 35.5. The molecule has 0 fully saturated rings. The van der Waals surface area contributed by atoms with Crippen molar-refractivity contribution in [1.82, 2.24) is 10.3 Å². The van der Waals surface area contributed by atoms with Crippen LogP contribution in [0.5, 0.6) is 0 Å². The van der Waals surface area contributed by atoms with Gasteiger partial charge in [0.15, 0.2) is 0 Å². The van der Waals surface area contributed by atoms with Crippen molar-refractivity contribution in [2.75, 3.05) is 18.5 Å². The van der Waals surface area contributed by atoms with Gasteiger partial charge in [-0.05, 0) is 13.0 Å². The lowest BCUT2D eigenvalue weighted by atomic mass is 10.2. The number of hydrogen-bond donors (Lipinski definition) is 2. The highest BCUT2D eigenvalue weighted by Crippen LogP contribution is 2.15. The van der Waals surface area contributed by atoms with E-state index >= 15 is 0 Å². The number of carbonyl (C=O) groups excluding carboxylic acids is 1. The van der Waals surface area contributed by atoms with Gasteiger partial charge in [-0.1, -0.05) is 11.6 Å². The maximum atomic E-state index is 11.8. The monoisotopic (exact) mass is 275 g/mol. The largest absolute Gasteiger partial charge is 0.397 e. The van der Waals surface area contributed by atoms with Gasteiger partial charge in [0, 0.05) is 28.9 Å². The molecule has 0 bridgehead atoms. The zero-order chi connectivity index (χ0) is 13.0. The first-order valence-electron chi connectivity index (χ1n) is 4.93. The fraction of sp³-hybridized carbons (Fsp3) is 0.400. The van der Waals surface area contributed by atoms with Gasteiger partial charge in [-0.15, -0.1) is 0 Å². The van der Waals surface area contributed by atoms with Crippen LogP contribution in [0.25, 0.3) is 0 Å². The molecule has 94 valence electrons. The summed E-state index contributed by atoms with van der Waals surface area (Å²) in [4.78, 5) is 15.5. The van der Waals surface area contributed by atoms with Crippen LogP contribution in [0, 0.1) is 0 Å². The van der Waals surface area contributed by atoms with Crippen molar-refractivity contribution in [2.24, 2.45) is 0 Å². The van der Waals surface area contributed by atoms with Crippen LogP contribution >= 0.6 is 11.6 Å². The third kappa shape index (κ3) is 3.98. The molecule has 0 saturated carbocycles. The fourth-order valence-corrected chi connectivity index (χ4v) is 1.58. The minimum atomic E-state index is -0.981. The van der Waals surface area contributed by atoms with Gasteiger partial charge < -0.3 is 11.1 Å². The van der Waals surface area contributed by atoms with Crippen LogP contribution in [0.15, 0.2) is 12.3 Å². The molecular formula is C10H14ClN3O2S. The van der Waals surface area contributed by atoms with E-state index < -0.39 is 10.8 Å². The first-order valence-corrected chi connectivity index (χ1v) is 6.93. The average molecular weight is 276 g/mol. The minimum Gasteiger partial charge on any atom is -0.397 e. The SMILES string of the molecule is CC(CNC(=O)c1cc(N)cnc1Cl)S(C)=O. The van der Waals surface area contributed by atoms with Gasteiger partial charge >= 0.3 is 0 Å². The number of nitrogens with two attached hydrogens (primary N) is 1. The Morgan fingerprint density at radius 1 is 1.71 bits per heavy atom. The summed E-state index contributed by atoms with van der Waals surface area (Å²) in [6.45, 7) is 2.10. The molecule has 3 N–H and O–H groups in total. The molecule has 1 aromatic heterocycles. The number of nitrogens with zero attached hydrogens (tertiary/aromatic N) is 1. The quantitative estimate of drug-likeness (QED) is 0.797. The summed E-state index contributed by atoms with van der Waals surface area (Å²) < 4.78 is 11.1. The molecule has 1 aromatic rings. The number of nitrogens with one attached hydrogen (secondary N) is 1. The standard InChI is InChI=1S/C10H14ClN3O2S/c1-6(17(2)16)4-14-10(15)8-3-7(12)5-13-9(8)11/h3,5-6H,4,12H2,1-2H3,(H,14,15). The van der Waals surface area contributed by atoms with Crippen LogP contribution in [-0.2, 0) is 10.8 Å². The molecule has 5 nitrogen and oxygen atoms in total. The third-order valence-electron chi connectivity index (χ3n) is 2.22. The minimum absolute atomic E-state index is 0.0990. The summed E-state index contributed by atoms with van der Waals surface area (Å²) in [6.07, 6.45) is 2.97. The topological polar surface area (TPSA) is 85.1 Å². The first kappa shape index (κ1) is 13.9. The molecule has 0 aliphatic carbocycles. The van der Waals surface area contributed by atoms with Gasteiger partial charge in [-0.2, -0.15) is 0 Å². The maximum absolute atomic E-state index is 11.8. The summed E-state index contributed by atoms with van der Waals surface area (Å²) in [7, 11) is -0.981. The maximum Gasteiger partial charge on any atom is 0.254 e. The molecule has 0 aromatic carbocycles. The normalized spacial score (nSPS) is 14.1. The Labute approximate surface area is 107 Å². The van der Waals surface area contributed by atoms with E-state index in [1.54, 1.807) is 13.2 Å². The van der Waals surface area contributed by atoms with Crippen LogP contribution in [0.4, 0.5) is 5.69 Å². The number of aromatic nitrogens is 1. The van der Waals surface area contributed by atoms with E-state index in [9.17, 15) is 9.00 Å². The van der Waals surface area contributed by atoms with Gasteiger partial charge in [0.05, 0.1) is 17.4 Å². The first-order chi connectivity index (χ1) is 7.91. The number of hydrogen-bond acceptors (Lipinski definition) is 4. The molecule has 1 heterocycles. The Bertz CT molecular complexity index is 453. The Kier molecular flexibility index (Phi) is 4.89. The van der Waals surface area contributed by atoms with E-state index in [2.05, 4.69) is 10.3 Å². The Morgan fingerprint density at radius 3 is 2.94 bits per heavy atom. The van der Waals surface area contributed by atoms with Crippen molar-refractivity contribution in [2.45, 2.75) is 12.2 Å².